The van der Waals surface area contributed by atoms with E-state index in [9.17, 15) is 4.79 Å². The molecule has 2 heterocycles. The van der Waals surface area contributed by atoms with Crippen molar-refractivity contribution in [1.29, 1.82) is 0 Å². The number of hydrogen-bond acceptors (Lipinski definition) is 4. The molecule has 2 aromatic rings. The molecule has 18 heavy (non-hydrogen) atoms. The third-order valence-electron chi connectivity index (χ3n) is 3.05. The Balaban J connectivity index is 2.00. The molecule has 0 radical (unpaired) electrons. The average molecular weight is 283 g/mol. The number of hydrogen-bond donors (Lipinski definition) is 1. The number of para-hydroxylation sites is 1. The van der Waals surface area contributed by atoms with Crippen molar-refractivity contribution in [3.05, 3.63) is 23.2 Å². The van der Waals surface area contributed by atoms with Crippen molar-refractivity contribution in [3.8, 4) is 0 Å². The highest BCUT2D eigenvalue weighted by atomic mass is 35.5. The van der Waals surface area contributed by atoms with Crippen LogP contribution in [0.5, 0.6) is 0 Å². The number of anilines is 1. The van der Waals surface area contributed by atoms with Gasteiger partial charge in [-0.15, -0.1) is 0 Å². The first-order chi connectivity index (χ1) is 8.69. The number of carbonyl (C=O) groups is 1. The maximum Gasteiger partial charge on any atom is 0.229 e. The molecule has 1 unspecified atom stereocenters. The summed E-state index contributed by atoms with van der Waals surface area (Å²) in [5.74, 6) is 0.0317. The Morgan fingerprint density at radius 1 is 1.56 bits per heavy atom. The number of halogens is 1. The lowest BCUT2D eigenvalue weighted by atomic mass is 10.1. The van der Waals surface area contributed by atoms with Gasteiger partial charge in [-0.05, 0) is 12.1 Å². The Kier molecular flexibility index (Phi) is 2.97. The summed E-state index contributed by atoms with van der Waals surface area (Å²) < 4.78 is 0.970. The van der Waals surface area contributed by atoms with Gasteiger partial charge in [0.25, 0.3) is 0 Å². The van der Waals surface area contributed by atoms with Crippen LogP contribution in [-0.2, 0) is 4.79 Å². The minimum absolute atomic E-state index is 0.0139. The molecule has 4 nitrogen and oxygen atoms in total. The van der Waals surface area contributed by atoms with Gasteiger partial charge >= 0.3 is 0 Å². The Hall–Kier alpha value is -1.17. The van der Waals surface area contributed by atoms with Gasteiger partial charge in [0.05, 0.1) is 9.72 Å². The fraction of sp³-hybridized carbons (Fsp3) is 0.333. The van der Waals surface area contributed by atoms with E-state index >= 15 is 0 Å². The van der Waals surface area contributed by atoms with Crippen molar-refractivity contribution in [1.82, 2.24) is 4.98 Å². The Labute approximate surface area is 113 Å². The number of fused-ring (bicyclic) bond motifs is 1. The van der Waals surface area contributed by atoms with Crippen LogP contribution >= 0.6 is 22.9 Å². The predicted molar refractivity (Wildman–Crippen MR) is 72.2 cm³/mol. The van der Waals surface area contributed by atoms with Crippen LogP contribution in [0.4, 0.5) is 5.13 Å². The largest absolute Gasteiger partial charge is 0.396 e. The molecule has 0 spiro atoms. The number of aliphatic hydroxyl groups is 1. The van der Waals surface area contributed by atoms with Gasteiger partial charge in [-0.25, -0.2) is 4.98 Å². The molecule has 1 fully saturated rings. The first-order valence-electron chi connectivity index (χ1n) is 5.65. The van der Waals surface area contributed by atoms with Crippen LogP contribution in [-0.4, -0.2) is 29.1 Å². The van der Waals surface area contributed by atoms with Gasteiger partial charge < -0.3 is 5.11 Å². The summed E-state index contributed by atoms with van der Waals surface area (Å²) in [7, 11) is 0. The van der Waals surface area contributed by atoms with E-state index < -0.39 is 0 Å². The number of aliphatic hydroxyl groups excluding tert-OH is 1. The van der Waals surface area contributed by atoms with Crippen molar-refractivity contribution in [3.63, 3.8) is 0 Å². The van der Waals surface area contributed by atoms with Crippen molar-refractivity contribution in [2.45, 2.75) is 6.42 Å². The molecule has 1 aromatic heterocycles. The standard InChI is InChI=1S/C12H11ClN2O2S/c13-8-2-1-3-9-11(8)14-12(18-9)15-5-7(6-16)4-10(15)17/h1-3,7,16H,4-6H2. The molecule has 0 bridgehead atoms. The maximum absolute atomic E-state index is 11.9. The van der Waals surface area contributed by atoms with E-state index in [1.54, 1.807) is 11.0 Å². The van der Waals surface area contributed by atoms with Crippen LogP contribution in [0.25, 0.3) is 10.2 Å². The van der Waals surface area contributed by atoms with Gasteiger partial charge in [0.15, 0.2) is 5.13 Å². The molecule has 3 rings (SSSR count). The summed E-state index contributed by atoms with van der Waals surface area (Å²) in [4.78, 5) is 17.9. The molecule has 1 aliphatic heterocycles. The highest BCUT2D eigenvalue weighted by Crippen LogP contribution is 2.35. The van der Waals surface area contributed by atoms with Crippen LogP contribution in [0.3, 0.4) is 0 Å². The molecule has 1 amide bonds. The third kappa shape index (κ3) is 1.88. The number of rotatable bonds is 2. The van der Waals surface area contributed by atoms with Crippen LogP contribution in [0.2, 0.25) is 5.02 Å². The highest BCUT2D eigenvalue weighted by molar-refractivity contribution is 7.22. The zero-order chi connectivity index (χ0) is 12.7. The monoisotopic (exact) mass is 282 g/mol. The second kappa shape index (κ2) is 4.50. The summed E-state index contributed by atoms with van der Waals surface area (Å²) in [6.45, 7) is 0.570. The molecule has 1 N–H and O–H groups in total. The van der Waals surface area contributed by atoms with Gasteiger partial charge in [0.1, 0.15) is 5.52 Å². The lowest BCUT2D eigenvalue weighted by Crippen LogP contribution is -2.24. The number of amides is 1. The van der Waals surface area contributed by atoms with E-state index in [0.717, 1.165) is 10.2 Å². The summed E-state index contributed by atoms with van der Waals surface area (Å²) in [6, 6.07) is 5.59. The SMILES string of the molecule is O=C1CC(CO)CN1c1nc2c(Cl)cccc2s1. The van der Waals surface area contributed by atoms with E-state index in [-0.39, 0.29) is 18.4 Å². The summed E-state index contributed by atoms with van der Waals surface area (Å²) >= 11 is 7.52. The van der Waals surface area contributed by atoms with Crippen molar-refractivity contribution in [2.75, 3.05) is 18.1 Å². The Bertz CT molecular complexity index is 613. The summed E-state index contributed by atoms with van der Waals surface area (Å²) in [6.07, 6.45) is 0.389. The zero-order valence-corrected chi connectivity index (χ0v) is 11.0. The van der Waals surface area contributed by atoms with Crippen LogP contribution in [0.1, 0.15) is 6.42 Å². The topological polar surface area (TPSA) is 53.4 Å². The fourth-order valence-corrected chi connectivity index (χ4v) is 3.40. The van der Waals surface area contributed by atoms with E-state index in [4.69, 9.17) is 16.7 Å². The highest BCUT2D eigenvalue weighted by Gasteiger charge is 2.32. The molecular formula is C12H11ClN2O2S. The number of nitrogens with zero attached hydrogens (tertiary/aromatic N) is 2. The van der Waals surface area contributed by atoms with E-state index in [0.29, 0.717) is 23.1 Å². The van der Waals surface area contributed by atoms with Gasteiger partial charge in [0, 0.05) is 25.5 Å². The second-order valence-electron chi connectivity index (χ2n) is 4.34. The summed E-state index contributed by atoms with van der Waals surface area (Å²) in [5.41, 5.74) is 0.736. The molecule has 1 saturated heterocycles. The van der Waals surface area contributed by atoms with Crippen molar-refractivity contribution < 1.29 is 9.90 Å². The minimum Gasteiger partial charge on any atom is -0.396 e. The van der Waals surface area contributed by atoms with E-state index in [2.05, 4.69) is 4.98 Å². The Morgan fingerprint density at radius 3 is 3.06 bits per heavy atom. The summed E-state index contributed by atoms with van der Waals surface area (Å²) in [5, 5.41) is 10.4. The smallest absolute Gasteiger partial charge is 0.229 e. The first-order valence-corrected chi connectivity index (χ1v) is 6.85. The van der Waals surface area contributed by atoms with Crippen LogP contribution in [0.15, 0.2) is 18.2 Å². The molecule has 6 heteroatoms. The molecule has 1 atom stereocenters. The molecule has 1 aliphatic rings. The number of benzene rings is 1. The van der Waals surface area contributed by atoms with Crippen molar-refractivity contribution in [2.24, 2.45) is 5.92 Å². The van der Waals surface area contributed by atoms with Crippen LogP contribution in [0, 0.1) is 5.92 Å². The Morgan fingerprint density at radius 2 is 2.39 bits per heavy atom. The second-order valence-corrected chi connectivity index (χ2v) is 5.76. The minimum atomic E-state index is 0.0139. The maximum atomic E-state index is 11.9. The molecule has 94 valence electrons. The van der Waals surface area contributed by atoms with Gasteiger partial charge in [-0.3, -0.25) is 9.69 Å². The molecule has 0 saturated carbocycles. The van der Waals surface area contributed by atoms with Crippen molar-refractivity contribution >= 4 is 44.2 Å². The molecule has 0 aliphatic carbocycles. The van der Waals surface area contributed by atoms with Gasteiger partial charge in [-0.1, -0.05) is 29.0 Å². The van der Waals surface area contributed by atoms with E-state index in [1.807, 2.05) is 12.1 Å². The zero-order valence-electron chi connectivity index (χ0n) is 9.47. The van der Waals surface area contributed by atoms with Gasteiger partial charge in [-0.2, -0.15) is 0 Å². The number of aromatic nitrogens is 1. The normalized spacial score (nSPS) is 20.0. The third-order valence-corrected chi connectivity index (χ3v) is 4.40. The van der Waals surface area contributed by atoms with Crippen LogP contribution < -0.4 is 4.90 Å². The average Bonchev–Trinajstić information content (AvgIpc) is 2.93. The quantitative estimate of drug-likeness (QED) is 0.919. The fourth-order valence-electron chi connectivity index (χ4n) is 2.11. The predicted octanol–water partition coefficient (Wildman–Crippen LogP) is 2.29. The number of thiazole rings is 1. The lowest BCUT2D eigenvalue weighted by molar-refractivity contribution is -0.117. The molecular weight excluding hydrogens is 272 g/mol. The number of carbonyl (C=O) groups excluding carboxylic acids is 1. The first kappa shape index (κ1) is 11.9. The van der Waals surface area contributed by atoms with Gasteiger partial charge in [0.2, 0.25) is 5.91 Å². The lowest BCUT2D eigenvalue weighted by Gasteiger charge is -2.11. The molecule has 1 aromatic carbocycles. The van der Waals surface area contributed by atoms with E-state index in [1.165, 1.54) is 11.3 Å².